The van der Waals surface area contributed by atoms with Crippen molar-refractivity contribution >= 4 is 92.1 Å². The Balaban J connectivity index is 0.979. The molecule has 2 nitrogen and oxygen atoms in total. The van der Waals surface area contributed by atoms with Crippen LogP contribution in [0.3, 0.4) is 0 Å². The van der Waals surface area contributed by atoms with E-state index in [9.17, 15) is 0 Å². The summed E-state index contributed by atoms with van der Waals surface area (Å²) in [5.74, 6) is 0. The van der Waals surface area contributed by atoms with Crippen LogP contribution in [0.15, 0.2) is 217 Å². The monoisotopic (exact) mass is 769 g/mol. The van der Waals surface area contributed by atoms with Gasteiger partial charge in [0.2, 0.25) is 0 Å². The molecule has 276 valence electrons. The summed E-state index contributed by atoms with van der Waals surface area (Å²) in [5.41, 5.74) is 12.2. The summed E-state index contributed by atoms with van der Waals surface area (Å²) in [6.07, 6.45) is 0. The average Bonchev–Trinajstić information content (AvgIpc) is 3.88. The zero-order chi connectivity index (χ0) is 38.9. The Labute approximate surface area is 345 Å². The van der Waals surface area contributed by atoms with Crippen LogP contribution < -0.4 is 4.90 Å². The molecule has 0 bridgehead atoms. The summed E-state index contributed by atoms with van der Waals surface area (Å²) >= 11 is 1.86. The Morgan fingerprint density at radius 1 is 0.339 bits per heavy atom. The second-order valence-corrected chi connectivity index (χ2v) is 16.3. The lowest BCUT2D eigenvalue weighted by Gasteiger charge is -2.26. The van der Waals surface area contributed by atoms with Crippen LogP contribution in [0.2, 0.25) is 0 Å². The molecule has 10 aromatic carbocycles. The number of thiophene rings is 1. The Kier molecular flexibility index (Phi) is 7.75. The van der Waals surface area contributed by atoms with Crippen LogP contribution in [0.5, 0.6) is 0 Å². The Bertz CT molecular complexity index is 3550. The standard InChI is InChI=1S/C56H35NOS/c1-3-15-45-36(10-1)12-8-18-46(45)38-22-28-42(29-23-38)57(44-14-7-13-40(34-44)41-27-33-54-51(35-41)49-17-5-6-21-53(49)59-54)43-30-24-39(25-31-43)47-19-9-20-52-55(47)50-32-26-37-11-2-4-16-48(37)56(50)58-52/h1-35H. The van der Waals surface area contributed by atoms with Crippen LogP contribution in [-0.2, 0) is 0 Å². The minimum absolute atomic E-state index is 0.899. The van der Waals surface area contributed by atoms with Crippen LogP contribution >= 0.6 is 11.3 Å². The van der Waals surface area contributed by atoms with Gasteiger partial charge in [0.05, 0.1) is 0 Å². The smallest absolute Gasteiger partial charge is 0.143 e. The maximum Gasteiger partial charge on any atom is 0.143 e. The van der Waals surface area contributed by atoms with Crippen molar-refractivity contribution in [3.05, 3.63) is 212 Å². The van der Waals surface area contributed by atoms with Gasteiger partial charge in [0.25, 0.3) is 0 Å². The predicted molar refractivity (Wildman–Crippen MR) is 253 cm³/mol. The molecule has 0 aliphatic rings. The molecular formula is C56H35NOS. The lowest BCUT2D eigenvalue weighted by Crippen LogP contribution is -2.10. The van der Waals surface area contributed by atoms with Crippen molar-refractivity contribution in [2.45, 2.75) is 0 Å². The first-order valence-electron chi connectivity index (χ1n) is 20.1. The summed E-state index contributed by atoms with van der Waals surface area (Å²) in [4.78, 5) is 2.37. The number of benzene rings is 10. The van der Waals surface area contributed by atoms with E-state index in [1.54, 1.807) is 0 Å². The minimum atomic E-state index is 0.899. The first-order valence-corrected chi connectivity index (χ1v) is 20.9. The van der Waals surface area contributed by atoms with Gasteiger partial charge in [-0.15, -0.1) is 11.3 Å². The van der Waals surface area contributed by atoms with Gasteiger partial charge in [-0.25, -0.2) is 0 Å². The molecule has 0 saturated heterocycles. The molecule has 0 aliphatic carbocycles. The van der Waals surface area contributed by atoms with E-state index in [1.807, 2.05) is 11.3 Å². The SMILES string of the molecule is c1cc(-c2ccc3sc4ccccc4c3c2)cc(N(c2ccc(-c3cccc4ccccc34)cc2)c2ccc(-c3cccc4oc5c6ccccc6ccc5c34)cc2)c1. The number of rotatable bonds is 6. The molecule has 59 heavy (non-hydrogen) atoms. The largest absolute Gasteiger partial charge is 0.455 e. The molecule has 12 rings (SSSR count). The fourth-order valence-electron chi connectivity index (χ4n) is 9.03. The third-order valence-corrected chi connectivity index (χ3v) is 13.0. The van der Waals surface area contributed by atoms with E-state index in [2.05, 4.69) is 217 Å². The van der Waals surface area contributed by atoms with Crippen molar-refractivity contribution in [3.8, 4) is 33.4 Å². The number of nitrogens with zero attached hydrogens (tertiary/aromatic N) is 1. The molecule has 0 fully saturated rings. The maximum absolute atomic E-state index is 6.55. The normalized spacial score (nSPS) is 11.7. The van der Waals surface area contributed by atoms with Crippen LogP contribution in [0.4, 0.5) is 17.1 Å². The van der Waals surface area contributed by atoms with Gasteiger partial charge in [-0.05, 0) is 116 Å². The van der Waals surface area contributed by atoms with E-state index in [0.29, 0.717) is 0 Å². The second kappa shape index (κ2) is 13.6. The van der Waals surface area contributed by atoms with Gasteiger partial charge in [-0.1, -0.05) is 146 Å². The molecule has 0 aliphatic heterocycles. The fraction of sp³-hybridized carbons (Fsp3) is 0. The van der Waals surface area contributed by atoms with Crippen LogP contribution in [0.25, 0.3) is 97.0 Å². The topological polar surface area (TPSA) is 16.4 Å². The van der Waals surface area contributed by atoms with E-state index in [-0.39, 0.29) is 0 Å². The highest BCUT2D eigenvalue weighted by Crippen LogP contribution is 2.43. The Morgan fingerprint density at radius 3 is 1.75 bits per heavy atom. The van der Waals surface area contributed by atoms with Crippen LogP contribution in [0, 0.1) is 0 Å². The Hall–Kier alpha value is -7.46. The maximum atomic E-state index is 6.55. The van der Waals surface area contributed by atoms with Gasteiger partial charge in [0.15, 0.2) is 0 Å². The summed E-state index contributed by atoms with van der Waals surface area (Å²) < 4.78 is 9.18. The molecule has 0 amide bonds. The number of furan rings is 1. The van der Waals surface area contributed by atoms with Gasteiger partial charge < -0.3 is 9.32 Å². The van der Waals surface area contributed by atoms with Gasteiger partial charge in [0, 0.05) is 53.4 Å². The summed E-state index contributed by atoms with van der Waals surface area (Å²) in [7, 11) is 0. The molecule has 0 saturated carbocycles. The molecule has 2 heterocycles. The van der Waals surface area contributed by atoms with E-state index < -0.39 is 0 Å². The number of fused-ring (bicyclic) bond motifs is 9. The van der Waals surface area contributed by atoms with Crippen molar-refractivity contribution in [1.29, 1.82) is 0 Å². The van der Waals surface area contributed by atoms with Gasteiger partial charge in [-0.2, -0.15) is 0 Å². The number of hydrogen-bond donors (Lipinski definition) is 0. The van der Waals surface area contributed by atoms with E-state index >= 15 is 0 Å². The first kappa shape index (κ1) is 33.7. The minimum Gasteiger partial charge on any atom is -0.455 e. The number of hydrogen-bond acceptors (Lipinski definition) is 3. The summed E-state index contributed by atoms with van der Waals surface area (Å²) in [5, 5.41) is 9.71. The van der Waals surface area contributed by atoms with E-state index in [0.717, 1.165) is 55.5 Å². The number of anilines is 3. The highest BCUT2D eigenvalue weighted by Gasteiger charge is 2.18. The lowest BCUT2D eigenvalue weighted by atomic mass is 9.97. The van der Waals surface area contributed by atoms with Gasteiger partial charge in [0.1, 0.15) is 11.2 Å². The van der Waals surface area contributed by atoms with Gasteiger partial charge >= 0.3 is 0 Å². The third-order valence-electron chi connectivity index (χ3n) is 11.9. The van der Waals surface area contributed by atoms with Crippen molar-refractivity contribution in [2.24, 2.45) is 0 Å². The molecule has 12 aromatic rings. The molecular weight excluding hydrogens is 735 g/mol. The zero-order valence-corrected chi connectivity index (χ0v) is 32.8. The zero-order valence-electron chi connectivity index (χ0n) is 32.0. The molecule has 2 aromatic heterocycles. The molecule has 0 radical (unpaired) electrons. The van der Waals surface area contributed by atoms with E-state index in [4.69, 9.17) is 4.42 Å². The van der Waals surface area contributed by atoms with Crippen molar-refractivity contribution in [3.63, 3.8) is 0 Å². The van der Waals surface area contributed by atoms with E-state index in [1.165, 1.54) is 58.6 Å². The first-order chi connectivity index (χ1) is 29.2. The summed E-state index contributed by atoms with van der Waals surface area (Å²) in [6.45, 7) is 0. The predicted octanol–water partition coefficient (Wildman–Crippen LogP) is 16.7. The lowest BCUT2D eigenvalue weighted by molar-refractivity contribution is 0.673. The van der Waals surface area contributed by atoms with Crippen LogP contribution in [-0.4, -0.2) is 0 Å². The highest BCUT2D eigenvalue weighted by atomic mass is 32.1. The Morgan fingerprint density at radius 2 is 0.932 bits per heavy atom. The van der Waals surface area contributed by atoms with Gasteiger partial charge in [-0.3, -0.25) is 0 Å². The fourth-order valence-corrected chi connectivity index (χ4v) is 10.1. The molecule has 0 spiro atoms. The molecule has 0 unspecified atom stereocenters. The van der Waals surface area contributed by atoms with Crippen molar-refractivity contribution in [2.75, 3.05) is 4.90 Å². The average molecular weight is 770 g/mol. The highest BCUT2D eigenvalue weighted by molar-refractivity contribution is 7.25. The quantitative estimate of drug-likeness (QED) is 0.167. The van der Waals surface area contributed by atoms with Crippen molar-refractivity contribution < 1.29 is 4.42 Å². The second-order valence-electron chi connectivity index (χ2n) is 15.3. The molecule has 0 N–H and O–H groups in total. The summed E-state index contributed by atoms with van der Waals surface area (Å²) in [6, 6.07) is 77.0. The third kappa shape index (κ3) is 5.62. The van der Waals surface area contributed by atoms with Crippen molar-refractivity contribution in [1.82, 2.24) is 0 Å². The molecule has 3 heteroatoms. The molecule has 0 atom stereocenters. The van der Waals surface area contributed by atoms with Crippen LogP contribution in [0.1, 0.15) is 0 Å².